The van der Waals surface area contributed by atoms with Gasteiger partial charge in [-0.25, -0.2) is 4.98 Å². The van der Waals surface area contributed by atoms with Crippen molar-refractivity contribution in [1.82, 2.24) is 9.38 Å². The van der Waals surface area contributed by atoms with Gasteiger partial charge in [0.25, 0.3) is 0 Å². The molecule has 0 fully saturated rings. The zero-order chi connectivity index (χ0) is 15.7. The van der Waals surface area contributed by atoms with Crippen LogP contribution in [0.2, 0.25) is 0 Å². The Morgan fingerprint density at radius 2 is 2.00 bits per heavy atom. The third kappa shape index (κ3) is 2.50. The topological polar surface area (TPSA) is 29.3 Å². The van der Waals surface area contributed by atoms with Crippen LogP contribution in [0.4, 0.5) is 5.69 Å². The van der Waals surface area contributed by atoms with E-state index in [1.54, 1.807) is 0 Å². The summed E-state index contributed by atoms with van der Waals surface area (Å²) in [6.07, 6.45) is 3.95. The number of rotatable bonds is 4. The Balaban J connectivity index is 2.01. The fraction of sp³-hybridized carbons (Fsp3) is 0.211. The predicted octanol–water partition coefficient (Wildman–Crippen LogP) is 4.51. The maximum Gasteiger partial charge on any atom is 0.160 e. The van der Waals surface area contributed by atoms with Gasteiger partial charge in [-0.3, -0.25) is 0 Å². The number of fused-ring (bicyclic) bond motifs is 1. The molecule has 0 saturated heterocycles. The molecule has 0 bridgehead atoms. The molecule has 3 heteroatoms. The summed E-state index contributed by atoms with van der Waals surface area (Å²) < 4.78 is 2.13. The van der Waals surface area contributed by atoms with Gasteiger partial charge in [-0.05, 0) is 43.5 Å². The first-order valence-corrected chi connectivity index (χ1v) is 7.50. The Morgan fingerprint density at radius 1 is 1.23 bits per heavy atom. The van der Waals surface area contributed by atoms with Gasteiger partial charge in [0.2, 0.25) is 0 Å². The molecular weight excluding hydrogens is 270 g/mol. The maximum absolute atomic E-state index is 4.69. The second kappa shape index (κ2) is 5.68. The third-order valence-corrected chi connectivity index (χ3v) is 4.18. The van der Waals surface area contributed by atoms with Crippen LogP contribution in [-0.2, 0) is 6.54 Å². The van der Waals surface area contributed by atoms with Gasteiger partial charge >= 0.3 is 0 Å². The van der Waals surface area contributed by atoms with E-state index < -0.39 is 0 Å². The summed E-state index contributed by atoms with van der Waals surface area (Å²) in [7, 11) is 0. The fourth-order valence-corrected chi connectivity index (χ4v) is 2.63. The second-order valence-corrected chi connectivity index (χ2v) is 5.65. The molecule has 3 aromatic rings. The van der Waals surface area contributed by atoms with Crippen molar-refractivity contribution < 1.29 is 0 Å². The van der Waals surface area contributed by atoms with E-state index in [0.29, 0.717) is 0 Å². The molecule has 3 rings (SSSR count). The van der Waals surface area contributed by atoms with Crippen LogP contribution < -0.4 is 5.32 Å². The lowest BCUT2D eigenvalue weighted by Gasteiger charge is -2.11. The van der Waals surface area contributed by atoms with E-state index in [4.69, 9.17) is 0 Å². The highest BCUT2D eigenvalue weighted by Gasteiger charge is 2.10. The monoisotopic (exact) mass is 291 g/mol. The number of nitrogens with one attached hydrogen (secondary N) is 1. The number of anilines is 1. The lowest BCUT2D eigenvalue weighted by Crippen LogP contribution is -2.04. The van der Waals surface area contributed by atoms with Crippen molar-refractivity contribution in [3.8, 4) is 0 Å². The molecule has 0 saturated carbocycles. The molecule has 112 valence electrons. The van der Waals surface area contributed by atoms with Gasteiger partial charge in [0.05, 0.1) is 11.4 Å². The molecule has 3 nitrogen and oxygen atoms in total. The number of hydrogen-bond acceptors (Lipinski definition) is 2. The Bertz CT molecular complexity index is 843. The summed E-state index contributed by atoms with van der Waals surface area (Å²) in [5.74, 6) is 0. The highest BCUT2D eigenvalue weighted by Crippen LogP contribution is 2.23. The van der Waals surface area contributed by atoms with Gasteiger partial charge in [0.1, 0.15) is 0 Å². The first kappa shape index (κ1) is 14.4. The van der Waals surface area contributed by atoms with Crippen LogP contribution in [0.1, 0.15) is 28.1 Å². The third-order valence-electron chi connectivity index (χ3n) is 4.18. The van der Waals surface area contributed by atoms with E-state index in [2.05, 4.69) is 71.7 Å². The standard InChI is InChI=1S/C19H21N3/c1-5-16-10-18(19-21-14(3)15(4)22(19)12-16)20-11-17-9-7-6-8-13(17)2/h5-10,12,20H,1,11H2,2-4H3. The van der Waals surface area contributed by atoms with Gasteiger partial charge in [-0.15, -0.1) is 0 Å². The predicted molar refractivity (Wildman–Crippen MR) is 93.3 cm³/mol. The largest absolute Gasteiger partial charge is 0.378 e. The van der Waals surface area contributed by atoms with Crippen LogP contribution in [0.15, 0.2) is 43.1 Å². The van der Waals surface area contributed by atoms with Crippen LogP contribution in [0.25, 0.3) is 11.7 Å². The first-order valence-electron chi connectivity index (χ1n) is 7.50. The summed E-state index contributed by atoms with van der Waals surface area (Å²) in [5.41, 5.74) is 7.90. The number of aromatic nitrogens is 2. The molecular formula is C19H21N3. The van der Waals surface area contributed by atoms with Crippen molar-refractivity contribution in [2.24, 2.45) is 0 Å². The fourth-order valence-electron chi connectivity index (χ4n) is 2.63. The number of aryl methyl sites for hydroxylation is 3. The van der Waals surface area contributed by atoms with E-state index in [9.17, 15) is 0 Å². The molecule has 22 heavy (non-hydrogen) atoms. The van der Waals surface area contributed by atoms with E-state index in [1.807, 2.05) is 13.0 Å². The Kier molecular flexibility index (Phi) is 3.72. The summed E-state index contributed by atoms with van der Waals surface area (Å²) in [4.78, 5) is 4.69. The first-order chi connectivity index (χ1) is 10.6. The van der Waals surface area contributed by atoms with E-state index in [1.165, 1.54) is 11.1 Å². The summed E-state index contributed by atoms with van der Waals surface area (Å²) in [6.45, 7) is 10.9. The van der Waals surface area contributed by atoms with E-state index >= 15 is 0 Å². The lowest BCUT2D eigenvalue weighted by atomic mass is 10.1. The number of benzene rings is 1. The normalized spacial score (nSPS) is 10.9. The van der Waals surface area contributed by atoms with Crippen molar-refractivity contribution in [1.29, 1.82) is 0 Å². The van der Waals surface area contributed by atoms with Gasteiger partial charge < -0.3 is 9.72 Å². The molecule has 0 aliphatic carbocycles. The van der Waals surface area contributed by atoms with Crippen molar-refractivity contribution in [2.75, 3.05) is 5.32 Å². The van der Waals surface area contributed by atoms with Gasteiger partial charge in [0.15, 0.2) is 5.65 Å². The minimum absolute atomic E-state index is 0.786. The molecule has 0 amide bonds. The van der Waals surface area contributed by atoms with Gasteiger partial charge in [0, 0.05) is 18.4 Å². The molecule has 1 N–H and O–H groups in total. The number of nitrogens with zero attached hydrogens (tertiary/aromatic N) is 2. The Hall–Kier alpha value is -2.55. The minimum Gasteiger partial charge on any atom is -0.378 e. The highest BCUT2D eigenvalue weighted by atomic mass is 15.1. The molecule has 2 heterocycles. The van der Waals surface area contributed by atoms with Gasteiger partial charge in [-0.1, -0.05) is 36.9 Å². The molecule has 0 aliphatic heterocycles. The minimum atomic E-state index is 0.786. The van der Waals surface area contributed by atoms with Crippen molar-refractivity contribution in [3.63, 3.8) is 0 Å². The van der Waals surface area contributed by atoms with Crippen molar-refractivity contribution >= 4 is 17.4 Å². The summed E-state index contributed by atoms with van der Waals surface area (Å²) >= 11 is 0. The van der Waals surface area contributed by atoms with Crippen LogP contribution in [0, 0.1) is 20.8 Å². The Labute approximate surface area is 131 Å². The quantitative estimate of drug-likeness (QED) is 0.766. The molecule has 0 radical (unpaired) electrons. The lowest BCUT2D eigenvalue weighted by molar-refractivity contribution is 1.07. The molecule has 0 aliphatic rings. The van der Waals surface area contributed by atoms with Crippen LogP contribution >= 0.6 is 0 Å². The second-order valence-electron chi connectivity index (χ2n) is 5.65. The summed E-state index contributed by atoms with van der Waals surface area (Å²) in [5, 5.41) is 3.53. The van der Waals surface area contributed by atoms with Gasteiger partial charge in [-0.2, -0.15) is 0 Å². The zero-order valence-corrected chi connectivity index (χ0v) is 13.4. The summed E-state index contributed by atoms with van der Waals surface area (Å²) in [6, 6.07) is 10.5. The molecule has 2 aromatic heterocycles. The average molecular weight is 291 g/mol. The smallest absolute Gasteiger partial charge is 0.160 e. The average Bonchev–Trinajstić information content (AvgIpc) is 2.81. The van der Waals surface area contributed by atoms with Crippen LogP contribution in [0.3, 0.4) is 0 Å². The molecule has 0 spiro atoms. The highest BCUT2D eigenvalue weighted by molar-refractivity contribution is 5.72. The number of pyridine rings is 1. The van der Waals surface area contributed by atoms with Crippen LogP contribution in [-0.4, -0.2) is 9.38 Å². The molecule has 0 atom stereocenters. The SMILES string of the molecule is C=Cc1cc(NCc2ccccc2C)c2nc(C)c(C)n2c1. The van der Waals surface area contributed by atoms with Crippen molar-refractivity contribution in [3.05, 3.63) is 71.2 Å². The number of imidazole rings is 1. The zero-order valence-electron chi connectivity index (χ0n) is 13.4. The molecule has 0 unspecified atom stereocenters. The van der Waals surface area contributed by atoms with E-state index in [0.717, 1.165) is 34.8 Å². The number of hydrogen-bond donors (Lipinski definition) is 1. The van der Waals surface area contributed by atoms with Crippen molar-refractivity contribution in [2.45, 2.75) is 27.3 Å². The maximum atomic E-state index is 4.69. The Morgan fingerprint density at radius 3 is 2.73 bits per heavy atom. The van der Waals surface area contributed by atoms with E-state index in [-0.39, 0.29) is 0 Å². The molecule has 1 aromatic carbocycles. The van der Waals surface area contributed by atoms with Crippen LogP contribution in [0.5, 0.6) is 0 Å².